The van der Waals surface area contributed by atoms with Crippen LogP contribution in [-0.4, -0.2) is 51.1 Å². The smallest absolute Gasteiger partial charge is 0.223 e. The van der Waals surface area contributed by atoms with E-state index in [-0.39, 0.29) is 17.7 Å². The quantitative estimate of drug-likeness (QED) is 0.778. The Morgan fingerprint density at radius 1 is 1.32 bits per heavy atom. The highest BCUT2D eigenvalue weighted by Gasteiger charge is 2.31. The van der Waals surface area contributed by atoms with Gasteiger partial charge < -0.3 is 10.2 Å². The second-order valence-electron chi connectivity index (χ2n) is 7.76. The zero-order chi connectivity index (χ0) is 19.5. The second-order valence-corrected chi connectivity index (χ2v) is 7.76. The van der Waals surface area contributed by atoms with Crippen molar-refractivity contribution in [2.24, 2.45) is 5.92 Å². The van der Waals surface area contributed by atoms with Crippen molar-refractivity contribution in [2.45, 2.75) is 45.1 Å². The van der Waals surface area contributed by atoms with Crippen molar-refractivity contribution in [3.63, 3.8) is 0 Å². The first-order chi connectivity index (χ1) is 13.6. The van der Waals surface area contributed by atoms with Crippen LogP contribution in [0.1, 0.15) is 44.2 Å². The second kappa shape index (κ2) is 8.12. The fourth-order valence-corrected chi connectivity index (χ4v) is 4.26. The zero-order valence-electron chi connectivity index (χ0n) is 16.3. The minimum Gasteiger partial charge on any atom is -0.354 e. The molecule has 1 fully saturated rings. The fourth-order valence-electron chi connectivity index (χ4n) is 4.26. The fraction of sp³-hybridized carbons (Fsp3) is 0.524. The molecule has 0 radical (unpaired) electrons. The van der Waals surface area contributed by atoms with Gasteiger partial charge in [-0.2, -0.15) is 5.10 Å². The van der Waals surface area contributed by atoms with Crippen molar-refractivity contribution >= 4 is 22.8 Å². The minimum atomic E-state index is -0.0494. The highest BCUT2D eigenvalue weighted by molar-refractivity contribution is 5.80. The molecule has 148 valence electrons. The molecule has 1 aliphatic carbocycles. The third kappa shape index (κ3) is 3.93. The van der Waals surface area contributed by atoms with Gasteiger partial charge in [0.15, 0.2) is 5.65 Å². The Balaban J connectivity index is 1.47. The van der Waals surface area contributed by atoms with Crippen LogP contribution in [0.15, 0.2) is 30.5 Å². The number of nitrogens with zero attached hydrogens (tertiary/aromatic N) is 4. The molecule has 28 heavy (non-hydrogen) atoms. The molecule has 7 heteroatoms. The molecule has 4 rings (SSSR count). The van der Waals surface area contributed by atoms with E-state index < -0.39 is 0 Å². The van der Waals surface area contributed by atoms with Gasteiger partial charge in [-0.3, -0.25) is 9.59 Å². The minimum absolute atomic E-state index is 0.0494. The van der Waals surface area contributed by atoms with Crippen molar-refractivity contribution < 1.29 is 9.59 Å². The number of carbonyl (C=O) groups is 2. The van der Waals surface area contributed by atoms with Crippen molar-refractivity contribution in [3.05, 3.63) is 36.2 Å². The Morgan fingerprint density at radius 2 is 2.21 bits per heavy atom. The number of hydrogen-bond donors (Lipinski definition) is 1. The van der Waals surface area contributed by atoms with Crippen LogP contribution in [0.2, 0.25) is 0 Å². The lowest BCUT2D eigenvalue weighted by molar-refractivity contribution is -0.130. The summed E-state index contributed by atoms with van der Waals surface area (Å²) in [6.45, 7) is 4.13. The maximum absolute atomic E-state index is 12.7. The van der Waals surface area contributed by atoms with Crippen LogP contribution in [-0.2, 0) is 16.1 Å². The lowest BCUT2D eigenvalue weighted by atomic mass is 10.0. The third-order valence-corrected chi connectivity index (χ3v) is 5.71. The highest BCUT2D eigenvalue weighted by atomic mass is 16.2. The summed E-state index contributed by atoms with van der Waals surface area (Å²) in [6.07, 6.45) is 9.87. The van der Waals surface area contributed by atoms with E-state index in [1.807, 2.05) is 21.7 Å². The number of fused-ring (bicyclic) bond motifs is 1. The molecule has 2 aromatic heterocycles. The monoisotopic (exact) mass is 381 g/mol. The van der Waals surface area contributed by atoms with Crippen LogP contribution in [0.4, 0.5) is 0 Å². The van der Waals surface area contributed by atoms with Gasteiger partial charge in [0.2, 0.25) is 11.8 Å². The van der Waals surface area contributed by atoms with Crippen molar-refractivity contribution in [1.82, 2.24) is 25.0 Å². The molecule has 0 aromatic carbocycles. The predicted octanol–water partition coefficient (Wildman–Crippen LogP) is 2.24. The van der Waals surface area contributed by atoms with Crippen LogP contribution in [0.25, 0.3) is 11.0 Å². The van der Waals surface area contributed by atoms with Crippen molar-refractivity contribution in [3.8, 4) is 0 Å². The topological polar surface area (TPSA) is 80.1 Å². The van der Waals surface area contributed by atoms with E-state index in [0.29, 0.717) is 25.4 Å². The Labute approximate surface area is 164 Å². The van der Waals surface area contributed by atoms with Crippen LogP contribution in [0, 0.1) is 5.92 Å². The van der Waals surface area contributed by atoms with Gasteiger partial charge in [-0.15, -0.1) is 0 Å². The number of rotatable bonds is 6. The van der Waals surface area contributed by atoms with Gasteiger partial charge in [0.25, 0.3) is 0 Å². The number of amides is 2. The van der Waals surface area contributed by atoms with E-state index in [0.717, 1.165) is 49.1 Å². The number of carbonyl (C=O) groups excluding carboxylic acids is 2. The van der Waals surface area contributed by atoms with E-state index in [1.54, 1.807) is 6.20 Å². The van der Waals surface area contributed by atoms with Crippen molar-refractivity contribution in [1.29, 1.82) is 0 Å². The SMILES string of the molecule is CC(=O)NCCn1nc([C@@H]2CCN(C(=O)C[C@@H]3C=CCC3)C2)c2cccnc21. The molecule has 0 spiro atoms. The van der Waals surface area contributed by atoms with Crippen LogP contribution < -0.4 is 5.32 Å². The summed E-state index contributed by atoms with van der Waals surface area (Å²) in [5.41, 5.74) is 1.85. The third-order valence-electron chi connectivity index (χ3n) is 5.71. The summed E-state index contributed by atoms with van der Waals surface area (Å²) in [6, 6.07) is 3.98. The maximum Gasteiger partial charge on any atom is 0.223 e. The molecule has 1 aliphatic heterocycles. The number of hydrogen-bond acceptors (Lipinski definition) is 4. The molecule has 0 unspecified atom stereocenters. The zero-order valence-corrected chi connectivity index (χ0v) is 16.3. The number of nitrogens with one attached hydrogen (secondary N) is 1. The first-order valence-electron chi connectivity index (χ1n) is 10.1. The van der Waals surface area contributed by atoms with E-state index in [9.17, 15) is 9.59 Å². The van der Waals surface area contributed by atoms with Crippen LogP contribution in [0.3, 0.4) is 0 Å². The summed E-state index contributed by atoms with van der Waals surface area (Å²) in [5, 5.41) is 8.67. The summed E-state index contributed by atoms with van der Waals surface area (Å²) in [7, 11) is 0. The Morgan fingerprint density at radius 3 is 3.00 bits per heavy atom. The van der Waals surface area contributed by atoms with E-state index >= 15 is 0 Å². The van der Waals surface area contributed by atoms with Gasteiger partial charge >= 0.3 is 0 Å². The molecular formula is C21H27N5O2. The molecule has 0 saturated carbocycles. The van der Waals surface area contributed by atoms with Crippen molar-refractivity contribution in [2.75, 3.05) is 19.6 Å². The molecule has 2 aliphatic rings. The number of aromatic nitrogens is 3. The molecule has 2 aromatic rings. The van der Waals surface area contributed by atoms with Crippen LogP contribution >= 0.6 is 0 Å². The van der Waals surface area contributed by atoms with Gasteiger partial charge in [0.05, 0.1) is 12.2 Å². The average Bonchev–Trinajstić information content (AvgIpc) is 3.41. The highest BCUT2D eigenvalue weighted by Crippen LogP contribution is 2.32. The van der Waals surface area contributed by atoms with Gasteiger partial charge in [0, 0.05) is 50.5 Å². The lowest BCUT2D eigenvalue weighted by Gasteiger charge is -2.18. The molecule has 1 saturated heterocycles. The molecule has 0 bridgehead atoms. The summed E-state index contributed by atoms with van der Waals surface area (Å²) in [4.78, 5) is 30.3. The Kier molecular flexibility index (Phi) is 5.41. The number of pyridine rings is 1. The normalized spacial score (nSPS) is 21.5. The largest absolute Gasteiger partial charge is 0.354 e. The predicted molar refractivity (Wildman–Crippen MR) is 107 cm³/mol. The van der Waals surface area contributed by atoms with Gasteiger partial charge in [-0.1, -0.05) is 12.2 Å². The number of likely N-dealkylation sites (tertiary alicyclic amines) is 1. The summed E-state index contributed by atoms with van der Waals surface area (Å²) >= 11 is 0. The molecule has 3 heterocycles. The summed E-state index contributed by atoms with van der Waals surface area (Å²) < 4.78 is 1.87. The average molecular weight is 381 g/mol. The van der Waals surface area contributed by atoms with Crippen LogP contribution in [0.5, 0.6) is 0 Å². The first kappa shape index (κ1) is 18.7. The van der Waals surface area contributed by atoms with E-state index in [2.05, 4.69) is 22.5 Å². The first-order valence-corrected chi connectivity index (χ1v) is 10.1. The number of allylic oxidation sites excluding steroid dienone is 2. The maximum atomic E-state index is 12.7. The lowest BCUT2D eigenvalue weighted by Crippen LogP contribution is -2.29. The van der Waals surface area contributed by atoms with E-state index in [4.69, 9.17) is 5.10 Å². The molecule has 7 nitrogen and oxygen atoms in total. The molecule has 1 N–H and O–H groups in total. The van der Waals surface area contributed by atoms with Gasteiger partial charge in [-0.05, 0) is 37.3 Å². The standard InChI is InChI=1S/C21H27N5O2/c1-15(27)22-10-12-26-21-18(7-4-9-23-21)20(24-26)17-8-11-25(14-17)19(28)13-16-5-2-3-6-16/h2,4-5,7,9,16-17H,3,6,8,10-14H2,1H3,(H,22,27)/t16-,17-/m1/s1. The van der Waals surface area contributed by atoms with Gasteiger partial charge in [0.1, 0.15) is 0 Å². The Bertz CT molecular complexity index is 903. The molecule has 2 atom stereocenters. The summed E-state index contributed by atoms with van der Waals surface area (Å²) in [5.74, 6) is 0.847. The molecular weight excluding hydrogens is 354 g/mol. The Hall–Kier alpha value is -2.70. The van der Waals surface area contributed by atoms with Gasteiger partial charge in [-0.25, -0.2) is 9.67 Å². The van der Waals surface area contributed by atoms with E-state index in [1.165, 1.54) is 6.92 Å². The molecule has 2 amide bonds.